The second kappa shape index (κ2) is 6.87. The van der Waals surface area contributed by atoms with E-state index in [0.717, 1.165) is 26.1 Å². The van der Waals surface area contributed by atoms with Gasteiger partial charge in [-0.25, -0.2) is 0 Å². The van der Waals surface area contributed by atoms with Gasteiger partial charge in [0.05, 0.1) is 18.8 Å². The van der Waals surface area contributed by atoms with Crippen molar-refractivity contribution in [2.75, 3.05) is 19.7 Å². The molecule has 0 spiro atoms. The Labute approximate surface area is 98.5 Å². The minimum atomic E-state index is 0.119. The van der Waals surface area contributed by atoms with E-state index in [0.29, 0.717) is 6.04 Å². The average Bonchev–Trinajstić information content (AvgIpc) is 2.30. The van der Waals surface area contributed by atoms with Crippen LogP contribution >= 0.6 is 0 Å². The van der Waals surface area contributed by atoms with Crippen molar-refractivity contribution in [2.24, 2.45) is 5.84 Å². The van der Waals surface area contributed by atoms with E-state index in [1.54, 1.807) is 0 Å². The molecule has 1 rings (SSSR count). The molecule has 1 saturated heterocycles. The van der Waals surface area contributed by atoms with Gasteiger partial charge >= 0.3 is 0 Å². The minimum absolute atomic E-state index is 0.119. The van der Waals surface area contributed by atoms with Crippen molar-refractivity contribution < 1.29 is 4.74 Å². The van der Waals surface area contributed by atoms with Gasteiger partial charge in [-0.2, -0.15) is 0 Å². The van der Waals surface area contributed by atoms with Crippen LogP contribution in [0.3, 0.4) is 0 Å². The number of hydrogen-bond acceptors (Lipinski definition) is 4. The molecular formula is C12H23N3O. The van der Waals surface area contributed by atoms with Gasteiger partial charge in [-0.05, 0) is 20.8 Å². The van der Waals surface area contributed by atoms with Gasteiger partial charge in [0.25, 0.3) is 0 Å². The Morgan fingerprint density at radius 2 is 2.31 bits per heavy atom. The van der Waals surface area contributed by atoms with Gasteiger partial charge in [0.1, 0.15) is 0 Å². The second-order valence-corrected chi connectivity index (χ2v) is 4.40. The summed E-state index contributed by atoms with van der Waals surface area (Å²) in [6.45, 7) is 8.97. The molecule has 0 amide bonds. The molecule has 0 aromatic heterocycles. The smallest absolute Gasteiger partial charge is 0.0878 e. The van der Waals surface area contributed by atoms with Crippen molar-refractivity contribution in [1.82, 2.24) is 10.3 Å². The van der Waals surface area contributed by atoms with E-state index in [1.165, 1.54) is 0 Å². The van der Waals surface area contributed by atoms with E-state index in [-0.39, 0.29) is 12.1 Å². The fourth-order valence-electron chi connectivity index (χ4n) is 1.92. The molecule has 0 bridgehead atoms. The summed E-state index contributed by atoms with van der Waals surface area (Å²) >= 11 is 0. The summed E-state index contributed by atoms with van der Waals surface area (Å²) in [5.74, 6) is 11.5. The molecule has 3 N–H and O–H groups in total. The topological polar surface area (TPSA) is 50.5 Å². The molecule has 0 aromatic carbocycles. The second-order valence-electron chi connectivity index (χ2n) is 4.40. The van der Waals surface area contributed by atoms with E-state index in [1.807, 2.05) is 6.92 Å². The fourth-order valence-corrected chi connectivity index (χ4v) is 1.92. The maximum Gasteiger partial charge on any atom is 0.0878 e. The molecule has 4 nitrogen and oxygen atoms in total. The first-order valence-electron chi connectivity index (χ1n) is 5.90. The molecule has 0 radical (unpaired) electrons. The van der Waals surface area contributed by atoms with Crippen molar-refractivity contribution in [2.45, 2.75) is 45.4 Å². The zero-order valence-corrected chi connectivity index (χ0v) is 10.5. The monoisotopic (exact) mass is 225 g/mol. The van der Waals surface area contributed by atoms with Crippen LogP contribution in [0.5, 0.6) is 0 Å². The Hall–Kier alpha value is -0.600. The molecule has 0 aromatic rings. The highest BCUT2D eigenvalue weighted by atomic mass is 16.5. The van der Waals surface area contributed by atoms with E-state index >= 15 is 0 Å². The largest absolute Gasteiger partial charge is 0.374 e. The zero-order chi connectivity index (χ0) is 12.0. The Morgan fingerprint density at radius 3 is 2.88 bits per heavy atom. The normalized spacial score (nSPS) is 23.9. The summed E-state index contributed by atoms with van der Waals surface area (Å²) in [6.07, 6.45) is 0.880. The standard InChI is InChI=1S/C12H23N3O/c1-4-5-6-11(14-13)12-9-15(10(2)3)7-8-16-12/h10-12,14H,6-9,13H2,1-3H3. The van der Waals surface area contributed by atoms with Gasteiger partial charge in [0, 0.05) is 25.6 Å². The lowest BCUT2D eigenvalue weighted by Crippen LogP contribution is -2.55. The maximum absolute atomic E-state index is 5.76. The quantitative estimate of drug-likeness (QED) is 0.411. The number of nitrogens with zero attached hydrogens (tertiary/aromatic N) is 1. The summed E-state index contributed by atoms with van der Waals surface area (Å²) in [4.78, 5) is 2.41. The summed E-state index contributed by atoms with van der Waals surface area (Å²) in [6, 6.07) is 0.677. The van der Waals surface area contributed by atoms with Crippen LogP contribution in [0.1, 0.15) is 27.2 Å². The summed E-state index contributed by atoms with van der Waals surface area (Å²) in [5, 5.41) is 0. The number of ether oxygens (including phenoxy) is 1. The summed E-state index contributed by atoms with van der Waals surface area (Å²) in [5.41, 5.74) is 2.81. The highest BCUT2D eigenvalue weighted by Gasteiger charge is 2.27. The Balaban J connectivity index is 2.52. The van der Waals surface area contributed by atoms with Crippen LogP contribution in [0.4, 0.5) is 0 Å². The molecule has 4 heteroatoms. The van der Waals surface area contributed by atoms with Crippen LogP contribution in [0.15, 0.2) is 0 Å². The third-order valence-corrected chi connectivity index (χ3v) is 3.02. The molecule has 1 aliphatic heterocycles. The maximum atomic E-state index is 5.76. The molecule has 92 valence electrons. The van der Waals surface area contributed by atoms with Gasteiger partial charge < -0.3 is 4.74 Å². The van der Waals surface area contributed by atoms with E-state index in [4.69, 9.17) is 10.6 Å². The zero-order valence-electron chi connectivity index (χ0n) is 10.5. The molecule has 0 saturated carbocycles. The summed E-state index contributed by atoms with van der Waals surface area (Å²) in [7, 11) is 0. The molecule has 2 atom stereocenters. The number of nitrogens with two attached hydrogens (primary N) is 1. The lowest BCUT2D eigenvalue weighted by molar-refractivity contribution is -0.0545. The van der Waals surface area contributed by atoms with Gasteiger partial charge in [-0.15, -0.1) is 11.8 Å². The van der Waals surface area contributed by atoms with Crippen LogP contribution in [0, 0.1) is 11.8 Å². The molecule has 0 aliphatic carbocycles. The number of nitrogens with one attached hydrogen (secondary N) is 1. The molecule has 16 heavy (non-hydrogen) atoms. The lowest BCUT2D eigenvalue weighted by Gasteiger charge is -2.38. The third kappa shape index (κ3) is 3.76. The van der Waals surface area contributed by atoms with Crippen LogP contribution in [0.25, 0.3) is 0 Å². The highest BCUT2D eigenvalue weighted by Crippen LogP contribution is 2.13. The first-order valence-corrected chi connectivity index (χ1v) is 5.90. The van der Waals surface area contributed by atoms with Crippen LogP contribution in [-0.4, -0.2) is 42.8 Å². The minimum Gasteiger partial charge on any atom is -0.374 e. The molecule has 1 heterocycles. The van der Waals surface area contributed by atoms with Crippen LogP contribution in [0.2, 0.25) is 0 Å². The predicted octanol–water partition coefficient (Wildman–Crippen LogP) is 0.341. The number of hydrazine groups is 1. The predicted molar refractivity (Wildman–Crippen MR) is 65.6 cm³/mol. The number of morpholine rings is 1. The van der Waals surface area contributed by atoms with E-state index in [9.17, 15) is 0 Å². The number of hydrogen-bond donors (Lipinski definition) is 2. The van der Waals surface area contributed by atoms with Crippen molar-refractivity contribution >= 4 is 0 Å². The highest BCUT2D eigenvalue weighted by molar-refractivity contribution is 5.00. The van der Waals surface area contributed by atoms with Gasteiger partial charge in [0.15, 0.2) is 0 Å². The van der Waals surface area contributed by atoms with Gasteiger partial charge in [-0.3, -0.25) is 16.2 Å². The Kier molecular flexibility index (Phi) is 5.78. The van der Waals surface area contributed by atoms with Crippen molar-refractivity contribution in [3.8, 4) is 11.8 Å². The van der Waals surface area contributed by atoms with Crippen molar-refractivity contribution in [1.29, 1.82) is 0 Å². The van der Waals surface area contributed by atoms with Gasteiger partial charge in [0.2, 0.25) is 0 Å². The lowest BCUT2D eigenvalue weighted by atomic mass is 10.1. The first-order chi connectivity index (χ1) is 7.69. The fraction of sp³-hybridized carbons (Fsp3) is 0.833. The molecule has 1 fully saturated rings. The van der Waals surface area contributed by atoms with Crippen LogP contribution in [-0.2, 0) is 4.74 Å². The molecular weight excluding hydrogens is 202 g/mol. The van der Waals surface area contributed by atoms with E-state index in [2.05, 4.69) is 36.0 Å². The van der Waals surface area contributed by atoms with Gasteiger partial charge in [-0.1, -0.05) is 0 Å². The SMILES string of the molecule is CC#CCC(NN)C1CN(C(C)C)CCO1. The molecule has 2 unspecified atom stereocenters. The average molecular weight is 225 g/mol. The van der Waals surface area contributed by atoms with Crippen molar-refractivity contribution in [3.63, 3.8) is 0 Å². The first kappa shape index (κ1) is 13.5. The number of rotatable bonds is 4. The Morgan fingerprint density at radius 1 is 1.56 bits per heavy atom. The van der Waals surface area contributed by atoms with Crippen molar-refractivity contribution in [3.05, 3.63) is 0 Å². The van der Waals surface area contributed by atoms with E-state index < -0.39 is 0 Å². The molecule has 1 aliphatic rings. The summed E-state index contributed by atoms with van der Waals surface area (Å²) < 4.78 is 5.76. The Bertz CT molecular complexity index is 257. The third-order valence-electron chi connectivity index (χ3n) is 3.02. The van der Waals surface area contributed by atoms with Crippen LogP contribution < -0.4 is 11.3 Å².